The zero-order valence-electron chi connectivity index (χ0n) is 13.0. The number of carbonyl (C=O) groups is 1. The molecule has 4 nitrogen and oxygen atoms in total. The zero-order chi connectivity index (χ0) is 14.5. The molecule has 0 aromatic carbocycles. The van der Waals surface area contributed by atoms with Gasteiger partial charge in [0.15, 0.2) is 0 Å². The lowest BCUT2D eigenvalue weighted by molar-refractivity contribution is -0.136. The van der Waals surface area contributed by atoms with Crippen molar-refractivity contribution < 1.29 is 9.90 Å². The number of aliphatic hydroxyl groups excluding tert-OH is 1. The summed E-state index contributed by atoms with van der Waals surface area (Å²) < 4.78 is 0. The Bertz CT molecular complexity index is 308. The Kier molecular flexibility index (Phi) is 5.85. The Morgan fingerprint density at radius 2 is 1.90 bits per heavy atom. The minimum absolute atomic E-state index is 0.00836. The number of hydrogen-bond acceptors (Lipinski definition) is 3. The van der Waals surface area contributed by atoms with Gasteiger partial charge in [0.05, 0.1) is 6.04 Å². The molecule has 0 radical (unpaired) electrons. The van der Waals surface area contributed by atoms with Crippen LogP contribution in [0.4, 0.5) is 0 Å². The maximum atomic E-state index is 12.7. The van der Waals surface area contributed by atoms with Crippen LogP contribution < -0.4 is 5.32 Å². The van der Waals surface area contributed by atoms with Crippen LogP contribution >= 0.6 is 0 Å². The average molecular weight is 282 g/mol. The molecule has 1 atom stereocenters. The van der Waals surface area contributed by atoms with E-state index in [1.165, 1.54) is 19.3 Å². The largest absolute Gasteiger partial charge is 0.396 e. The van der Waals surface area contributed by atoms with Crippen LogP contribution in [0.5, 0.6) is 0 Å². The summed E-state index contributed by atoms with van der Waals surface area (Å²) >= 11 is 0. The Morgan fingerprint density at radius 1 is 1.25 bits per heavy atom. The molecule has 1 amide bonds. The van der Waals surface area contributed by atoms with Gasteiger partial charge in [-0.2, -0.15) is 0 Å². The van der Waals surface area contributed by atoms with Gasteiger partial charge in [0.1, 0.15) is 0 Å². The molecule has 0 aromatic rings. The van der Waals surface area contributed by atoms with Gasteiger partial charge in [0, 0.05) is 25.7 Å². The number of amides is 1. The van der Waals surface area contributed by atoms with E-state index in [1.54, 1.807) is 0 Å². The second-order valence-electron chi connectivity index (χ2n) is 6.93. The fourth-order valence-electron chi connectivity index (χ4n) is 3.13. The van der Waals surface area contributed by atoms with Gasteiger partial charge in [0.2, 0.25) is 5.91 Å². The fraction of sp³-hybridized carbons (Fsp3) is 0.938. The van der Waals surface area contributed by atoms with E-state index in [0.29, 0.717) is 17.9 Å². The first-order valence-corrected chi connectivity index (χ1v) is 8.25. The number of hydrogen-bond donors (Lipinski definition) is 2. The monoisotopic (exact) mass is 282 g/mol. The van der Waals surface area contributed by atoms with E-state index in [2.05, 4.69) is 19.2 Å². The Balaban J connectivity index is 1.87. The molecule has 4 heteroatoms. The molecule has 2 fully saturated rings. The Morgan fingerprint density at radius 3 is 2.35 bits per heavy atom. The first-order valence-electron chi connectivity index (χ1n) is 8.25. The summed E-state index contributed by atoms with van der Waals surface area (Å²) in [4.78, 5) is 14.7. The molecule has 1 aliphatic heterocycles. The van der Waals surface area contributed by atoms with Gasteiger partial charge in [-0.05, 0) is 43.9 Å². The number of nitrogens with one attached hydrogen (secondary N) is 1. The quantitative estimate of drug-likeness (QED) is 0.781. The summed E-state index contributed by atoms with van der Waals surface area (Å²) in [5.41, 5.74) is 0. The first-order chi connectivity index (χ1) is 9.60. The highest BCUT2D eigenvalue weighted by atomic mass is 16.3. The van der Waals surface area contributed by atoms with E-state index >= 15 is 0 Å². The van der Waals surface area contributed by atoms with Gasteiger partial charge in [-0.25, -0.2) is 0 Å². The van der Waals surface area contributed by atoms with E-state index in [1.807, 2.05) is 4.90 Å². The molecule has 1 saturated carbocycles. The van der Waals surface area contributed by atoms with Crippen molar-refractivity contribution in [3.05, 3.63) is 0 Å². The minimum Gasteiger partial charge on any atom is -0.396 e. The molecule has 116 valence electrons. The normalized spacial score (nSPS) is 22.9. The van der Waals surface area contributed by atoms with Gasteiger partial charge >= 0.3 is 0 Å². The maximum absolute atomic E-state index is 12.7. The topological polar surface area (TPSA) is 52.6 Å². The molecule has 2 rings (SSSR count). The SMILES string of the molecule is CC(C)CC(NC1CCC1)C(=O)N1CCC(CO)CC1. The van der Waals surface area contributed by atoms with Crippen LogP contribution in [0.1, 0.15) is 52.4 Å². The van der Waals surface area contributed by atoms with Crippen molar-refractivity contribution in [3.8, 4) is 0 Å². The molecular weight excluding hydrogens is 252 g/mol. The second-order valence-corrected chi connectivity index (χ2v) is 6.93. The van der Waals surface area contributed by atoms with Crippen molar-refractivity contribution in [2.75, 3.05) is 19.7 Å². The van der Waals surface area contributed by atoms with Crippen LogP contribution in [0, 0.1) is 11.8 Å². The molecule has 0 aromatic heterocycles. The molecule has 0 bridgehead atoms. The third-order valence-electron chi connectivity index (χ3n) is 4.73. The van der Waals surface area contributed by atoms with Gasteiger partial charge in [-0.15, -0.1) is 0 Å². The number of piperidine rings is 1. The highest BCUT2D eigenvalue weighted by molar-refractivity contribution is 5.82. The number of carbonyl (C=O) groups excluding carboxylic acids is 1. The number of likely N-dealkylation sites (tertiary alicyclic amines) is 1. The third kappa shape index (κ3) is 4.19. The van der Waals surface area contributed by atoms with Crippen molar-refractivity contribution >= 4 is 5.91 Å². The molecule has 1 heterocycles. The number of aliphatic hydroxyl groups is 1. The summed E-state index contributed by atoms with van der Waals surface area (Å²) in [5, 5.41) is 12.8. The van der Waals surface area contributed by atoms with Crippen LogP contribution in [0.15, 0.2) is 0 Å². The predicted molar refractivity (Wildman–Crippen MR) is 80.4 cm³/mol. The number of rotatable bonds is 6. The molecule has 0 spiro atoms. The van der Waals surface area contributed by atoms with Crippen molar-refractivity contribution in [2.24, 2.45) is 11.8 Å². The summed E-state index contributed by atoms with van der Waals surface area (Å²) in [7, 11) is 0. The van der Waals surface area contributed by atoms with Crippen LogP contribution in [0.25, 0.3) is 0 Å². The lowest BCUT2D eigenvalue weighted by Crippen LogP contribution is -2.53. The van der Waals surface area contributed by atoms with Crippen molar-refractivity contribution in [3.63, 3.8) is 0 Å². The van der Waals surface area contributed by atoms with E-state index in [-0.39, 0.29) is 18.6 Å². The first kappa shape index (κ1) is 15.8. The van der Waals surface area contributed by atoms with Crippen molar-refractivity contribution in [2.45, 2.75) is 64.5 Å². The van der Waals surface area contributed by atoms with E-state index in [4.69, 9.17) is 0 Å². The fourth-order valence-corrected chi connectivity index (χ4v) is 3.13. The second kappa shape index (κ2) is 7.41. The highest BCUT2D eigenvalue weighted by Gasteiger charge is 2.31. The Hall–Kier alpha value is -0.610. The lowest BCUT2D eigenvalue weighted by atomic mass is 9.90. The van der Waals surface area contributed by atoms with Gasteiger partial charge in [0.25, 0.3) is 0 Å². The molecule has 1 aliphatic carbocycles. The third-order valence-corrected chi connectivity index (χ3v) is 4.73. The lowest BCUT2D eigenvalue weighted by Gasteiger charge is -2.37. The molecule has 1 unspecified atom stereocenters. The average Bonchev–Trinajstić information content (AvgIpc) is 2.40. The summed E-state index contributed by atoms with van der Waals surface area (Å²) in [6.07, 6.45) is 6.54. The van der Waals surface area contributed by atoms with Crippen molar-refractivity contribution in [1.29, 1.82) is 0 Å². The summed E-state index contributed by atoms with van der Waals surface area (Å²) in [6, 6.07) is 0.545. The molecule has 2 aliphatic rings. The number of nitrogens with zero attached hydrogens (tertiary/aromatic N) is 1. The standard InChI is InChI=1S/C16H30N2O2/c1-12(2)10-15(17-14-4-3-5-14)16(20)18-8-6-13(11-19)7-9-18/h12-15,17,19H,3-11H2,1-2H3. The smallest absolute Gasteiger partial charge is 0.239 e. The summed E-state index contributed by atoms with van der Waals surface area (Å²) in [6.45, 7) is 6.25. The molecule has 2 N–H and O–H groups in total. The van der Waals surface area contributed by atoms with Crippen LogP contribution in [0.2, 0.25) is 0 Å². The van der Waals surface area contributed by atoms with Gasteiger partial charge < -0.3 is 15.3 Å². The van der Waals surface area contributed by atoms with E-state index < -0.39 is 0 Å². The predicted octanol–water partition coefficient (Wildman–Crippen LogP) is 1.77. The van der Waals surface area contributed by atoms with Crippen molar-refractivity contribution in [1.82, 2.24) is 10.2 Å². The Labute approximate surface area is 122 Å². The van der Waals surface area contributed by atoms with Gasteiger partial charge in [-0.1, -0.05) is 20.3 Å². The van der Waals surface area contributed by atoms with Gasteiger partial charge in [-0.3, -0.25) is 4.79 Å². The minimum atomic E-state index is -0.00836. The summed E-state index contributed by atoms with van der Waals surface area (Å²) in [5.74, 6) is 1.20. The van der Waals surface area contributed by atoms with E-state index in [0.717, 1.165) is 32.4 Å². The van der Waals surface area contributed by atoms with Crippen LogP contribution in [-0.4, -0.2) is 47.7 Å². The maximum Gasteiger partial charge on any atom is 0.239 e. The highest BCUT2D eigenvalue weighted by Crippen LogP contribution is 2.22. The van der Waals surface area contributed by atoms with Crippen LogP contribution in [0.3, 0.4) is 0 Å². The zero-order valence-corrected chi connectivity index (χ0v) is 13.0. The molecule has 1 saturated heterocycles. The van der Waals surface area contributed by atoms with Crippen LogP contribution in [-0.2, 0) is 4.79 Å². The molecular formula is C16H30N2O2. The molecule has 20 heavy (non-hydrogen) atoms. The van der Waals surface area contributed by atoms with E-state index in [9.17, 15) is 9.90 Å².